The monoisotopic (exact) mass is 789 g/mol. The fourth-order valence-corrected chi connectivity index (χ4v) is 7.43. The zero-order valence-corrected chi connectivity index (χ0v) is 37.7. The highest BCUT2D eigenvalue weighted by molar-refractivity contribution is 5.70. The van der Waals surface area contributed by atoms with E-state index in [9.17, 15) is 14.7 Å². The Bertz CT molecular complexity index is 851. The molecular weight excluding hydrogens is 693 g/mol. The van der Waals surface area contributed by atoms with Crippen LogP contribution in [0.1, 0.15) is 271 Å². The van der Waals surface area contributed by atoms with E-state index in [2.05, 4.69) is 38.2 Å². The lowest BCUT2D eigenvalue weighted by Crippen LogP contribution is -2.28. The molecule has 0 aromatic heterocycles. The highest BCUT2D eigenvalue weighted by Crippen LogP contribution is 2.15. The molecule has 0 spiro atoms. The van der Waals surface area contributed by atoms with E-state index in [4.69, 9.17) is 9.47 Å². The Morgan fingerprint density at radius 2 is 0.661 bits per heavy atom. The van der Waals surface area contributed by atoms with E-state index < -0.39 is 6.10 Å². The summed E-state index contributed by atoms with van der Waals surface area (Å²) in [5, 5.41) is 9.62. The third-order valence-corrected chi connectivity index (χ3v) is 11.2. The second kappa shape index (κ2) is 47.8. The summed E-state index contributed by atoms with van der Waals surface area (Å²) in [7, 11) is 0. The van der Waals surface area contributed by atoms with Crippen molar-refractivity contribution in [3.8, 4) is 0 Å². The number of rotatable bonds is 46. The molecule has 330 valence electrons. The van der Waals surface area contributed by atoms with Crippen LogP contribution in [0.15, 0.2) is 24.3 Å². The molecule has 5 heteroatoms. The average Bonchev–Trinajstić information content (AvgIpc) is 3.20. The van der Waals surface area contributed by atoms with Gasteiger partial charge in [0.25, 0.3) is 0 Å². The first-order valence-corrected chi connectivity index (χ1v) is 24.9. The van der Waals surface area contributed by atoms with E-state index in [-0.39, 0.29) is 25.2 Å². The van der Waals surface area contributed by atoms with Crippen molar-refractivity contribution < 1.29 is 24.2 Å². The lowest BCUT2D eigenvalue weighted by Gasteiger charge is -2.15. The van der Waals surface area contributed by atoms with Gasteiger partial charge in [0, 0.05) is 12.8 Å². The van der Waals surface area contributed by atoms with Crippen LogP contribution < -0.4 is 0 Å². The van der Waals surface area contributed by atoms with Crippen LogP contribution in [0.3, 0.4) is 0 Å². The molecule has 5 nitrogen and oxygen atoms in total. The van der Waals surface area contributed by atoms with Gasteiger partial charge in [-0.25, -0.2) is 0 Å². The van der Waals surface area contributed by atoms with Crippen LogP contribution in [-0.4, -0.2) is 36.4 Å². The molecule has 56 heavy (non-hydrogen) atoms. The minimum atomic E-state index is -0.771. The standard InChI is InChI=1S/C51H96O5/c1-3-5-7-9-11-13-15-17-19-21-23-25-27-29-31-33-35-37-39-41-43-45-50(53)55-48-49(47-52)56-51(54)46-44-42-40-38-36-34-32-30-28-26-24-22-20-18-16-14-12-10-8-6-4-2/h21-24,49,52H,3-20,25-48H2,1-2H3/b23-21-,24-22-. The molecular formula is C51H96O5. The summed E-state index contributed by atoms with van der Waals surface area (Å²) < 4.78 is 10.7. The Kier molecular flexibility index (Phi) is 46.4. The number of carbonyl (C=O) groups excluding carboxylic acids is 2. The van der Waals surface area contributed by atoms with Crippen LogP contribution in [-0.2, 0) is 19.1 Å². The summed E-state index contributed by atoms with van der Waals surface area (Å²) in [5.74, 6) is -0.583. The number of esters is 2. The molecule has 0 radical (unpaired) electrons. The zero-order chi connectivity index (χ0) is 40.7. The Hall–Kier alpha value is -1.62. The van der Waals surface area contributed by atoms with Gasteiger partial charge in [-0.2, -0.15) is 0 Å². The van der Waals surface area contributed by atoms with Crippen molar-refractivity contribution in [1.29, 1.82) is 0 Å². The van der Waals surface area contributed by atoms with Gasteiger partial charge in [-0.1, -0.05) is 218 Å². The molecule has 0 saturated carbocycles. The average molecular weight is 789 g/mol. The van der Waals surface area contributed by atoms with Gasteiger partial charge in [0.05, 0.1) is 6.61 Å². The molecule has 0 heterocycles. The minimum Gasteiger partial charge on any atom is -0.462 e. The molecule has 0 rings (SSSR count). The number of carbonyl (C=O) groups is 2. The van der Waals surface area contributed by atoms with Gasteiger partial charge in [0.15, 0.2) is 6.10 Å². The van der Waals surface area contributed by atoms with Crippen LogP contribution in [0.4, 0.5) is 0 Å². The number of unbranched alkanes of at least 4 members (excludes halogenated alkanes) is 34. The van der Waals surface area contributed by atoms with E-state index in [0.717, 1.165) is 38.5 Å². The van der Waals surface area contributed by atoms with E-state index in [1.807, 2.05) is 0 Å². The quantitative estimate of drug-likeness (QED) is 0.0378. The zero-order valence-electron chi connectivity index (χ0n) is 37.7. The summed E-state index contributed by atoms with van der Waals surface area (Å²) in [4.78, 5) is 24.4. The Morgan fingerprint density at radius 3 is 0.964 bits per heavy atom. The summed E-state index contributed by atoms with van der Waals surface area (Å²) in [6.07, 6.45) is 58.4. The van der Waals surface area contributed by atoms with Gasteiger partial charge >= 0.3 is 11.9 Å². The van der Waals surface area contributed by atoms with Gasteiger partial charge in [0.2, 0.25) is 0 Å². The summed E-state index contributed by atoms with van der Waals surface area (Å²) in [6.45, 7) is 4.17. The summed E-state index contributed by atoms with van der Waals surface area (Å²) >= 11 is 0. The highest BCUT2D eigenvalue weighted by Gasteiger charge is 2.16. The van der Waals surface area contributed by atoms with Crippen molar-refractivity contribution in [3.05, 3.63) is 24.3 Å². The molecule has 0 saturated heterocycles. The number of ether oxygens (including phenoxy) is 2. The van der Waals surface area contributed by atoms with E-state index in [1.165, 1.54) is 205 Å². The van der Waals surface area contributed by atoms with Gasteiger partial charge < -0.3 is 14.6 Å². The normalized spacial score (nSPS) is 12.3. The molecule has 1 atom stereocenters. The highest BCUT2D eigenvalue weighted by atomic mass is 16.6. The first-order valence-electron chi connectivity index (χ1n) is 24.9. The van der Waals surface area contributed by atoms with Crippen LogP contribution in [0, 0.1) is 0 Å². The minimum absolute atomic E-state index is 0.0638. The SMILES string of the molecule is CCCCCCCCCC/C=C\CCCCCCCCCCCC(=O)OCC(CO)OC(=O)CCCCCCCCCCC/C=C\CCCCCCCCCC. The van der Waals surface area contributed by atoms with E-state index >= 15 is 0 Å². The van der Waals surface area contributed by atoms with Gasteiger partial charge in [-0.3, -0.25) is 9.59 Å². The number of aliphatic hydroxyl groups is 1. The van der Waals surface area contributed by atoms with Crippen LogP contribution in [0.2, 0.25) is 0 Å². The van der Waals surface area contributed by atoms with Crippen molar-refractivity contribution in [2.24, 2.45) is 0 Å². The topological polar surface area (TPSA) is 72.8 Å². The third-order valence-electron chi connectivity index (χ3n) is 11.2. The van der Waals surface area contributed by atoms with Crippen molar-refractivity contribution >= 4 is 11.9 Å². The molecule has 0 aliphatic rings. The summed E-state index contributed by atoms with van der Waals surface area (Å²) in [6, 6.07) is 0. The Labute approximate surface area is 349 Å². The molecule has 0 aromatic rings. The van der Waals surface area contributed by atoms with Gasteiger partial charge in [-0.05, 0) is 64.2 Å². The van der Waals surface area contributed by atoms with Gasteiger partial charge in [0.1, 0.15) is 6.61 Å². The van der Waals surface area contributed by atoms with E-state index in [1.54, 1.807) is 0 Å². The first kappa shape index (κ1) is 54.4. The fourth-order valence-electron chi connectivity index (χ4n) is 7.43. The lowest BCUT2D eigenvalue weighted by molar-refractivity contribution is -0.161. The van der Waals surface area contributed by atoms with E-state index in [0.29, 0.717) is 12.8 Å². The second-order valence-electron chi connectivity index (χ2n) is 16.9. The molecule has 0 fully saturated rings. The summed E-state index contributed by atoms with van der Waals surface area (Å²) in [5.41, 5.74) is 0. The molecule has 0 bridgehead atoms. The number of hydrogen-bond acceptors (Lipinski definition) is 5. The first-order chi connectivity index (χ1) is 27.6. The predicted molar refractivity (Wildman–Crippen MR) is 242 cm³/mol. The molecule has 1 N–H and O–H groups in total. The molecule has 0 aliphatic heterocycles. The van der Waals surface area contributed by atoms with Crippen LogP contribution in [0.5, 0.6) is 0 Å². The van der Waals surface area contributed by atoms with Crippen LogP contribution >= 0.6 is 0 Å². The predicted octanol–water partition coefficient (Wildman–Crippen LogP) is 16.2. The maximum atomic E-state index is 12.2. The maximum Gasteiger partial charge on any atom is 0.306 e. The van der Waals surface area contributed by atoms with Crippen molar-refractivity contribution in [3.63, 3.8) is 0 Å². The number of allylic oxidation sites excluding steroid dienone is 4. The maximum absolute atomic E-state index is 12.2. The van der Waals surface area contributed by atoms with Gasteiger partial charge in [-0.15, -0.1) is 0 Å². The fraction of sp³-hybridized carbons (Fsp3) is 0.882. The second-order valence-corrected chi connectivity index (χ2v) is 16.9. The number of aliphatic hydroxyl groups excluding tert-OH is 1. The Morgan fingerprint density at radius 1 is 0.393 bits per heavy atom. The molecule has 0 amide bonds. The lowest BCUT2D eigenvalue weighted by atomic mass is 10.1. The Balaban J connectivity index is 3.48. The largest absolute Gasteiger partial charge is 0.462 e. The smallest absolute Gasteiger partial charge is 0.306 e. The van der Waals surface area contributed by atoms with Crippen LogP contribution in [0.25, 0.3) is 0 Å². The third kappa shape index (κ3) is 45.1. The van der Waals surface area contributed by atoms with Crippen molar-refractivity contribution in [2.45, 2.75) is 277 Å². The van der Waals surface area contributed by atoms with Crippen molar-refractivity contribution in [2.75, 3.05) is 13.2 Å². The molecule has 0 aromatic carbocycles. The number of hydrogen-bond donors (Lipinski definition) is 1. The molecule has 0 aliphatic carbocycles. The molecule has 1 unspecified atom stereocenters. The van der Waals surface area contributed by atoms with Crippen molar-refractivity contribution in [1.82, 2.24) is 0 Å².